The number of hydrogen-bond donors (Lipinski definition) is 2. The number of H-pyrrole nitrogens is 1. The second-order valence-electron chi connectivity index (χ2n) is 5.61. The summed E-state index contributed by atoms with van der Waals surface area (Å²) in [7, 11) is 0. The summed E-state index contributed by atoms with van der Waals surface area (Å²) in [6.07, 6.45) is 0. The molecular formula is C17H15N7O. The Balaban J connectivity index is 1.50. The molecule has 25 heavy (non-hydrogen) atoms. The van der Waals surface area contributed by atoms with E-state index in [9.17, 15) is 4.79 Å². The minimum atomic E-state index is -0.213. The van der Waals surface area contributed by atoms with E-state index < -0.39 is 0 Å². The lowest BCUT2D eigenvalue weighted by atomic mass is 10.2. The third kappa shape index (κ3) is 3.23. The maximum atomic E-state index is 12.1. The van der Waals surface area contributed by atoms with Crippen molar-refractivity contribution in [2.75, 3.05) is 5.32 Å². The van der Waals surface area contributed by atoms with Crippen LogP contribution >= 0.6 is 0 Å². The molecule has 4 aromatic rings. The molecule has 4 rings (SSSR count). The van der Waals surface area contributed by atoms with Crippen molar-refractivity contribution in [3.8, 4) is 11.4 Å². The number of carbonyl (C=O) groups is 1. The Hall–Kier alpha value is -3.55. The van der Waals surface area contributed by atoms with E-state index in [0.29, 0.717) is 5.82 Å². The molecule has 0 unspecified atom stereocenters. The molecule has 124 valence electrons. The van der Waals surface area contributed by atoms with Gasteiger partial charge in [0, 0.05) is 11.3 Å². The topological polar surface area (TPSA) is 101 Å². The molecule has 0 atom stereocenters. The first-order valence-corrected chi connectivity index (χ1v) is 7.77. The van der Waals surface area contributed by atoms with Crippen molar-refractivity contribution in [3.05, 3.63) is 54.4 Å². The van der Waals surface area contributed by atoms with Crippen LogP contribution in [0.1, 0.15) is 5.82 Å². The fraction of sp³-hybridized carbons (Fsp3) is 0.118. The Kier molecular flexibility index (Phi) is 3.70. The highest BCUT2D eigenvalue weighted by molar-refractivity contribution is 5.90. The van der Waals surface area contributed by atoms with Gasteiger partial charge in [0.15, 0.2) is 0 Å². The van der Waals surface area contributed by atoms with Crippen molar-refractivity contribution in [3.63, 3.8) is 0 Å². The minimum absolute atomic E-state index is 0.00664. The van der Waals surface area contributed by atoms with E-state index in [-0.39, 0.29) is 12.5 Å². The first kappa shape index (κ1) is 15.0. The van der Waals surface area contributed by atoms with Gasteiger partial charge in [-0.3, -0.25) is 4.79 Å². The highest BCUT2D eigenvalue weighted by Gasteiger charge is 2.11. The van der Waals surface area contributed by atoms with E-state index in [0.717, 1.165) is 28.1 Å². The van der Waals surface area contributed by atoms with E-state index in [2.05, 4.69) is 30.7 Å². The van der Waals surface area contributed by atoms with Crippen LogP contribution in [0, 0.1) is 6.92 Å². The molecule has 0 fully saturated rings. The van der Waals surface area contributed by atoms with Crippen LogP contribution in [0.15, 0.2) is 48.5 Å². The van der Waals surface area contributed by atoms with Gasteiger partial charge < -0.3 is 10.3 Å². The molecule has 1 amide bonds. The molecule has 8 nitrogen and oxygen atoms in total. The van der Waals surface area contributed by atoms with E-state index in [4.69, 9.17) is 0 Å². The standard InChI is InChI=1S/C17H15N7O/c1-11-18-14-8-7-12(9-15(14)19-11)17-21-23-24(22-17)10-16(25)20-13-5-3-2-4-6-13/h2-9H,10H2,1H3,(H,18,19)(H,20,25). The minimum Gasteiger partial charge on any atom is -0.342 e. The van der Waals surface area contributed by atoms with Crippen LogP contribution in [0.5, 0.6) is 0 Å². The number of nitrogens with one attached hydrogen (secondary N) is 2. The highest BCUT2D eigenvalue weighted by atomic mass is 16.2. The summed E-state index contributed by atoms with van der Waals surface area (Å²) in [6, 6.07) is 14.9. The zero-order valence-corrected chi connectivity index (χ0v) is 13.5. The summed E-state index contributed by atoms with van der Waals surface area (Å²) in [6.45, 7) is 1.90. The summed E-state index contributed by atoms with van der Waals surface area (Å²) >= 11 is 0. The Morgan fingerprint density at radius 1 is 1.20 bits per heavy atom. The summed E-state index contributed by atoms with van der Waals surface area (Å²) in [5.41, 5.74) is 3.34. The Morgan fingerprint density at radius 3 is 2.88 bits per heavy atom. The van der Waals surface area contributed by atoms with Gasteiger partial charge in [0.05, 0.1) is 11.0 Å². The molecule has 8 heteroatoms. The molecule has 2 heterocycles. The molecule has 0 aliphatic heterocycles. The molecule has 0 bridgehead atoms. The van der Waals surface area contributed by atoms with Crippen molar-refractivity contribution in [1.82, 2.24) is 30.2 Å². The third-order valence-electron chi connectivity index (χ3n) is 3.65. The number of benzene rings is 2. The largest absolute Gasteiger partial charge is 0.342 e. The highest BCUT2D eigenvalue weighted by Crippen LogP contribution is 2.19. The van der Waals surface area contributed by atoms with Crippen LogP contribution in [0.2, 0.25) is 0 Å². The van der Waals surface area contributed by atoms with Crippen LogP contribution in [0.3, 0.4) is 0 Å². The number of aromatic nitrogens is 6. The van der Waals surface area contributed by atoms with Crippen LogP contribution in [0.4, 0.5) is 5.69 Å². The first-order valence-electron chi connectivity index (χ1n) is 7.77. The van der Waals surface area contributed by atoms with E-state index in [1.807, 2.05) is 55.5 Å². The molecule has 0 saturated carbocycles. The van der Waals surface area contributed by atoms with Gasteiger partial charge in [0.2, 0.25) is 11.7 Å². The zero-order valence-electron chi connectivity index (χ0n) is 13.5. The molecule has 2 aromatic carbocycles. The molecule has 0 radical (unpaired) electrons. The summed E-state index contributed by atoms with van der Waals surface area (Å²) < 4.78 is 0. The van der Waals surface area contributed by atoms with Crippen LogP contribution in [0.25, 0.3) is 22.4 Å². The Morgan fingerprint density at radius 2 is 2.04 bits per heavy atom. The number of amides is 1. The number of anilines is 1. The zero-order chi connectivity index (χ0) is 17.2. The number of aryl methyl sites for hydroxylation is 1. The van der Waals surface area contributed by atoms with Crippen LogP contribution in [-0.2, 0) is 11.3 Å². The fourth-order valence-corrected chi connectivity index (χ4v) is 2.55. The van der Waals surface area contributed by atoms with Crippen molar-refractivity contribution in [2.24, 2.45) is 0 Å². The quantitative estimate of drug-likeness (QED) is 0.596. The number of imidazole rings is 1. The van der Waals surface area contributed by atoms with Gasteiger partial charge in [-0.15, -0.1) is 10.2 Å². The second-order valence-corrected chi connectivity index (χ2v) is 5.61. The van der Waals surface area contributed by atoms with E-state index in [1.54, 1.807) is 0 Å². The predicted molar refractivity (Wildman–Crippen MR) is 92.7 cm³/mol. The van der Waals surface area contributed by atoms with Crippen molar-refractivity contribution in [1.29, 1.82) is 0 Å². The van der Waals surface area contributed by atoms with Gasteiger partial charge in [-0.05, 0) is 42.5 Å². The van der Waals surface area contributed by atoms with Gasteiger partial charge >= 0.3 is 0 Å². The molecular weight excluding hydrogens is 318 g/mol. The molecule has 0 spiro atoms. The van der Waals surface area contributed by atoms with Crippen molar-refractivity contribution in [2.45, 2.75) is 13.5 Å². The number of fused-ring (bicyclic) bond motifs is 1. The van der Waals surface area contributed by atoms with E-state index >= 15 is 0 Å². The third-order valence-corrected chi connectivity index (χ3v) is 3.65. The summed E-state index contributed by atoms with van der Waals surface area (Å²) in [5, 5.41) is 15.0. The summed E-state index contributed by atoms with van der Waals surface area (Å²) in [5.74, 6) is 1.10. The second kappa shape index (κ2) is 6.16. The first-order chi connectivity index (χ1) is 12.2. The molecule has 0 aliphatic rings. The van der Waals surface area contributed by atoms with Crippen molar-refractivity contribution < 1.29 is 4.79 Å². The van der Waals surface area contributed by atoms with Gasteiger partial charge in [0.25, 0.3) is 0 Å². The van der Waals surface area contributed by atoms with Gasteiger partial charge in [-0.1, -0.05) is 18.2 Å². The van der Waals surface area contributed by atoms with Crippen molar-refractivity contribution >= 4 is 22.6 Å². The molecule has 0 aliphatic carbocycles. The molecule has 2 aromatic heterocycles. The molecule has 2 N–H and O–H groups in total. The Labute approximate surface area is 142 Å². The average molecular weight is 333 g/mol. The average Bonchev–Trinajstić information content (AvgIpc) is 3.20. The number of hydrogen-bond acceptors (Lipinski definition) is 5. The van der Waals surface area contributed by atoms with Crippen LogP contribution in [-0.4, -0.2) is 36.1 Å². The lowest BCUT2D eigenvalue weighted by Crippen LogP contribution is -2.20. The SMILES string of the molecule is Cc1nc2ccc(-c3nnn(CC(=O)Nc4ccccc4)n3)cc2[nH]1. The normalized spacial score (nSPS) is 10.9. The smallest absolute Gasteiger partial charge is 0.248 e. The predicted octanol–water partition coefficient (Wildman–Crippen LogP) is 2.16. The Bertz CT molecular complexity index is 1040. The van der Waals surface area contributed by atoms with Crippen LogP contribution < -0.4 is 5.32 Å². The maximum Gasteiger partial charge on any atom is 0.248 e. The number of carbonyl (C=O) groups excluding carboxylic acids is 1. The molecule has 0 saturated heterocycles. The number of rotatable bonds is 4. The summed E-state index contributed by atoms with van der Waals surface area (Å²) in [4.78, 5) is 20.9. The maximum absolute atomic E-state index is 12.1. The fourth-order valence-electron chi connectivity index (χ4n) is 2.55. The number of nitrogens with zero attached hydrogens (tertiary/aromatic N) is 5. The lowest BCUT2D eigenvalue weighted by Gasteiger charge is -2.03. The monoisotopic (exact) mass is 333 g/mol. The van der Waals surface area contributed by atoms with Gasteiger partial charge in [-0.2, -0.15) is 4.80 Å². The number of para-hydroxylation sites is 1. The lowest BCUT2D eigenvalue weighted by molar-refractivity contribution is -0.117. The van der Waals surface area contributed by atoms with Gasteiger partial charge in [-0.25, -0.2) is 4.98 Å². The van der Waals surface area contributed by atoms with E-state index in [1.165, 1.54) is 4.80 Å². The van der Waals surface area contributed by atoms with Gasteiger partial charge in [0.1, 0.15) is 12.4 Å². The number of tetrazole rings is 1. The number of aromatic amines is 1.